The fourth-order valence-corrected chi connectivity index (χ4v) is 3.04. The summed E-state index contributed by atoms with van der Waals surface area (Å²) < 4.78 is 0.842. The predicted molar refractivity (Wildman–Crippen MR) is 85.0 cm³/mol. The van der Waals surface area contributed by atoms with E-state index in [-0.39, 0.29) is 16.4 Å². The molecule has 0 atom stereocenters. The fraction of sp³-hybridized carbons (Fsp3) is 0.500. The number of hydrogen-bond donors (Lipinski definition) is 2. The van der Waals surface area contributed by atoms with Crippen molar-refractivity contribution in [3.8, 4) is 5.75 Å². The molecule has 0 bridgehead atoms. The Bertz CT molecular complexity index is 439. The average Bonchev–Trinajstić information content (AvgIpc) is 2.43. The van der Waals surface area contributed by atoms with Gasteiger partial charge in [-0.25, -0.2) is 0 Å². The Kier molecular flexibility index (Phi) is 6.20. The molecule has 1 rings (SSSR count). The van der Waals surface area contributed by atoms with E-state index in [0.717, 1.165) is 17.3 Å². The number of benzene rings is 1. The van der Waals surface area contributed by atoms with Gasteiger partial charge in [-0.3, -0.25) is 4.79 Å². The van der Waals surface area contributed by atoms with Crippen LogP contribution in [0.3, 0.4) is 0 Å². The van der Waals surface area contributed by atoms with Gasteiger partial charge in [0.25, 0.3) is 5.91 Å². The zero-order valence-electron chi connectivity index (χ0n) is 11.5. The highest BCUT2D eigenvalue weighted by Crippen LogP contribution is 2.30. The fourth-order valence-electron chi connectivity index (χ4n) is 1.89. The highest BCUT2D eigenvalue weighted by Gasteiger charge is 2.26. The molecule has 1 aromatic carbocycles. The van der Waals surface area contributed by atoms with Gasteiger partial charge in [-0.2, -0.15) is 11.8 Å². The minimum Gasteiger partial charge on any atom is -0.507 e. The lowest BCUT2D eigenvalue weighted by molar-refractivity contribution is 0.0946. The highest BCUT2D eigenvalue weighted by atomic mass is 79.9. The topological polar surface area (TPSA) is 49.3 Å². The number of halogens is 1. The molecular weight excluding hydrogens is 326 g/mol. The van der Waals surface area contributed by atoms with Crippen molar-refractivity contribution in [2.24, 2.45) is 0 Å². The van der Waals surface area contributed by atoms with Crippen molar-refractivity contribution in [1.82, 2.24) is 5.32 Å². The van der Waals surface area contributed by atoms with Gasteiger partial charge >= 0.3 is 0 Å². The first-order valence-corrected chi connectivity index (χ1v) is 8.31. The summed E-state index contributed by atoms with van der Waals surface area (Å²) in [5.74, 6) is -0.234. The molecule has 0 fully saturated rings. The Balaban J connectivity index is 2.77. The molecule has 1 amide bonds. The van der Waals surface area contributed by atoms with Crippen molar-refractivity contribution in [3.05, 3.63) is 28.2 Å². The smallest absolute Gasteiger partial charge is 0.255 e. The van der Waals surface area contributed by atoms with Gasteiger partial charge in [0.2, 0.25) is 0 Å². The molecule has 0 aromatic heterocycles. The largest absolute Gasteiger partial charge is 0.507 e. The van der Waals surface area contributed by atoms with Crippen LogP contribution >= 0.6 is 27.7 Å². The maximum absolute atomic E-state index is 12.1. The summed E-state index contributed by atoms with van der Waals surface area (Å²) in [7, 11) is 0. The van der Waals surface area contributed by atoms with Crippen LogP contribution in [0.2, 0.25) is 0 Å². The van der Waals surface area contributed by atoms with E-state index in [1.54, 1.807) is 23.9 Å². The van der Waals surface area contributed by atoms with Crippen LogP contribution in [0.25, 0.3) is 0 Å². The lowest BCUT2D eigenvalue weighted by Gasteiger charge is -2.29. The van der Waals surface area contributed by atoms with E-state index < -0.39 is 0 Å². The molecular formula is C14H20BrNO2S. The molecule has 0 aliphatic heterocycles. The third-order valence-corrected chi connectivity index (χ3v) is 5.58. The zero-order valence-corrected chi connectivity index (χ0v) is 13.9. The van der Waals surface area contributed by atoms with Gasteiger partial charge in [0.15, 0.2) is 0 Å². The second kappa shape index (κ2) is 7.20. The lowest BCUT2D eigenvalue weighted by Crippen LogP contribution is -2.39. The van der Waals surface area contributed by atoms with Crippen molar-refractivity contribution in [2.75, 3.05) is 12.8 Å². The van der Waals surface area contributed by atoms with Crippen LogP contribution in [0, 0.1) is 0 Å². The summed E-state index contributed by atoms with van der Waals surface area (Å²) in [4.78, 5) is 12.1. The number of phenols is 1. The van der Waals surface area contributed by atoms with Crippen LogP contribution in [0.4, 0.5) is 0 Å². The van der Waals surface area contributed by atoms with Crippen LogP contribution in [-0.2, 0) is 0 Å². The molecule has 3 nitrogen and oxygen atoms in total. The van der Waals surface area contributed by atoms with Crippen molar-refractivity contribution in [1.29, 1.82) is 0 Å². The first kappa shape index (κ1) is 16.4. The monoisotopic (exact) mass is 345 g/mol. The van der Waals surface area contributed by atoms with Crippen molar-refractivity contribution in [2.45, 2.75) is 31.4 Å². The van der Waals surface area contributed by atoms with E-state index in [9.17, 15) is 9.90 Å². The van der Waals surface area contributed by atoms with Gasteiger partial charge in [0.05, 0.1) is 5.56 Å². The van der Waals surface area contributed by atoms with E-state index in [0.29, 0.717) is 12.1 Å². The van der Waals surface area contributed by atoms with Gasteiger partial charge in [-0.1, -0.05) is 29.8 Å². The van der Waals surface area contributed by atoms with Crippen LogP contribution in [-0.4, -0.2) is 28.6 Å². The maximum Gasteiger partial charge on any atom is 0.255 e. The number of carbonyl (C=O) groups excluding carboxylic acids is 1. The number of hydrogen-bond acceptors (Lipinski definition) is 3. The Morgan fingerprint density at radius 2 is 2.05 bits per heavy atom. The van der Waals surface area contributed by atoms with E-state index in [2.05, 4.69) is 41.3 Å². The Morgan fingerprint density at radius 1 is 1.42 bits per heavy atom. The summed E-state index contributed by atoms with van der Waals surface area (Å²) >= 11 is 5.08. The van der Waals surface area contributed by atoms with Gasteiger partial charge in [-0.15, -0.1) is 0 Å². The van der Waals surface area contributed by atoms with Crippen LogP contribution < -0.4 is 5.32 Å². The summed E-state index contributed by atoms with van der Waals surface area (Å²) in [6.07, 6.45) is 4.06. The van der Waals surface area contributed by atoms with Gasteiger partial charge in [0, 0.05) is 15.8 Å². The summed E-state index contributed by atoms with van der Waals surface area (Å²) in [5, 5.41) is 12.6. The van der Waals surface area contributed by atoms with Crippen molar-refractivity contribution >= 4 is 33.6 Å². The molecule has 0 aliphatic carbocycles. The predicted octanol–water partition coefficient (Wildman–Crippen LogP) is 3.81. The van der Waals surface area contributed by atoms with Crippen molar-refractivity contribution < 1.29 is 9.90 Å². The molecule has 106 valence electrons. The van der Waals surface area contributed by atoms with Crippen LogP contribution in [0.15, 0.2) is 22.7 Å². The number of phenolic OH excluding ortho intramolecular Hbond substituents is 1. The summed E-state index contributed by atoms with van der Waals surface area (Å²) in [6.45, 7) is 4.86. The van der Waals surface area contributed by atoms with Crippen molar-refractivity contribution in [3.63, 3.8) is 0 Å². The molecule has 5 heteroatoms. The number of rotatable bonds is 6. The number of aromatic hydroxyl groups is 1. The van der Waals surface area contributed by atoms with Gasteiger partial charge < -0.3 is 10.4 Å². The number of carbonyl (C=O) groups is 1. The molecule has 2 N–H and O–H groups in total. The molecule has 0 radical (unpaired) electrons. The van der Waals surface area contributed by atoms with E-state index in [1.165, 1.54) is 6.07 Å². The molecule has 0 saturated heterocycles. The maximum atomic E-state index is 12.1. The molecule has 0 saturated carbocycles. The Morgan fingerprint density at radius 3 is 2.58 bits per heavy atom. The molecule has 0 aliphatic rings. The molecule has 1 aromatic rings. The summed E-state index contributed by atoms with van der Waals surface area (Å²) in [5.41, 5.74) is 0.302. The Labute approximate surface area is 127 Å². The summed E-state index contributed by atoms with van der Waals surface area (Å²) in [6, 6.07) is 4.85. The third-order valence-electron chi connectivity index (χ3n) is 3.50. The SMILES string of the molecule is CCC(CC)(CNC(=O)c1cc(Br)ccc1O)SC. The van der Waals surface area contributed by atoms with Crippen LogP contribution in [0.5, 0.6) is 5.75 Å². The van der Waals surface area contributed by atoms with E-state index in [4.69, 9.17) is 0 Å². The average molecular weight is 346 g/mol. The normalized spacial score (nSPS) is 11.4. The molecule has 0 spiro atoms. The Hall–Kier alpha value is -0.680. The molecule has 0 heterocycles. The minimum atomic E-state index is -0.237. The number of amides is 1. The lowest BCUT2D eigenvalue weighted by atomic mass is 10.0. The minimum absolute atomic E-state index is 0.00319. The zero-order chi connectivity index (χ0) is 14.5. The number of nitrogens with one attached hydrogen (secondary N) is 1. The first-order valence-electron chi connectivity index (χ1n) is 6.30. The second-order valence-electron chi connectivity index (χ2n) is 4.44. The van der Waals surface area contributed by atoms with E-state index >= 15 is 0 Å². The number of thioether (sulfide) groups is 1. The highest BCUT2D eigenvalue weighted by molar-refractivity contribution is 9.10. The quantitative estimate of drug-likeness (QED) is 0.824. The second-order valence-corrected chi connectivity index (χ2v) is 6.63. The van der Waals surface area contributed by atoms with E-state index in [1.807, 2.05) is 0 Å². The van der Waals surface area contributed by atoms with Crippen LogP contribution in [0.1, 0.15) is 37.0 Å². The molecule has 19 heavy (non-hydrogen) atoms. The van der Waals surface area contributed by atoms with Gasteiger partial charge in [0.1, 0.15) is 5.75 Å². The standard InChI is InChI=1S/C14H20BrNO2S/c1-4-14(5-2,19-3)9-16-13(18)11-8-10(15)6-7-12(11)17/h6-8,17H,4-5,9H2,1-3H3,(H,16,18). The third kappa shape index (κ3) is 4.14. The first-order chi connectivity index (χ1) is 8.98. The van der Waals surface area contributed by atoms with Gasteiger partial charge in [-0.05, 0) is 37.3 Å². The molecule has 0 unspecified atom stereocenters.